The maximum atomic E-state index is 11.5. The van der Waals surface area contributed by atoms with E-state index in [1.165, 1.54) is 0 Å². The second kappa shape index (κ2) is 6.13. The molecular formula is C8H18O2S2. The van der Waals surface area contributed by atoms with Gasteiger partial charge in [-0.2, -0.15) is 0 Å². The fraction of sp³-hybridized carbons (Fsp3) is 1.00. The molecular weight excluding hydrogens is 192 g/mol. The van der Waals surface area contributed by atoms with E-state index >= 15 is 0 Å². The minimum atomic E-state index is -1.17. The predicted molar refractivity (Wildman–Crippen MR) is 55.8 cm³/mol. The lowest BCUT2D eigenvalue weighted by molar-refractivity contribution is 0.566. The third kappa shape index (κ3) is 3.56. The first-order chi connectivity index (χ1) is 5.54. The van der Waals surface area contributed by atoms with E-state index in [9.17, 15) is 9.11 Å². The van der Waals surface area contributed by atoms with Crippen LogP contribution in [0.3, 0.4) is 0 Å². The van der Waals surface area contributed by atoms with E-state index in [1.807, 2.05) is 27.7 Å². The molecule has 0 aliphatic carbocycles. The predicted octanol–water partition coefficient (Wildman–Crippen LogP) is 2.00. The van der Waals surface area contributed by atoms with Gasteiger partial charge < -0.3 is 9.11 Å². The van der Waals surface area contributed by atoms with Gasteiger partial charge in [-0.1, -0.05) is 13.8 Å². The van der Waals surface area contributed by atoms with Gasteiger partial charge in [0.05, 0.1) is 0 Å². The molecule has 0 aliphatic heterocycles. The average Bonchev–Trinajstić information content (AvgIpc) is 2.12. The number of hydrogen-bond acceptors (Lipinski definition) is 2. The second-order valence-electron chi connectivity index (χ2n) is 2.96. The summed E-state index contributed by atoms with van der Waals surface area (Å²) in [6.45, 7) is 7.71. The van der Waals surface area contributed by atoms with Crippen LogP contribution < -0.4 is 0 Å². The van der Waals surface area contributed by atoms with Crippen LogP contribution in [0.2, 0.25) is 0 Å². The van der Waals surface area contributed by atoms with Gasteiger partial charge in [0.15, 0.2) is 30.9 Å². The molecule has 0 fully saturated rings. The first-order valence-corrected chi connectivity index (χ1v) is 7.30. The summed E-state index contributed by atoms with van der Waals surface area (Å²) in [5.41, 5.74) is 0. The SMILES string of the molecule is CCC(C)[S+]([O-])[S+]([O-])C(C)CC. The lowest BCUT2D eigenvalue weighted by Crippen LogP contribution is -2.32. The van der Waals surface area contributed by atoms with E-state index in [4.69, 9.17) is 0 Å². The van der Waals surface area contributed by atoms with Gasteiger partial charge in [0.25, 0.3) is 0 Å². The Hall–Kier alpha value is 0.620. The summed E-state index contributed by atoms with van der Waals surface area (Å²) in [5, 5.41) is 0.111. The van der Waals surface area contributed by atoms with Crippen LogP contribution >= 0.6 is 0 Å². The molecule has 0 aliphatic rings. The zero-order valence-corrected chi connectivity index (χ0v) is 9.83. The van der Waals surface area contributed by atoms with Gasteiger partial charge >= 0.3 is 0 Å². The normalized spacial score (nSPS) is 21.5. The van der Waals surface area contributed by atoms with Crippen LogP contribution in [-0.4, -0.2) is 19.6 Å². The maximum Gasteiger partial charge on any atom is 0.173 e. The van der Waals surface area contributed by atoms with Crippen molar-refractivity contribution in [3.8, 4) is 0 Å². The molecule has 0 aromatic rings. The minimum absolute atomic E-state index is 0.0554. The van der Waals surface area contributed by atoms with Crippen LogP contribution in [0.4, 0.5) is 0 Å². The molecule has 4 atom stereocenters. The van der Waals surface area contributed by atoms with Gasteiger partial charge in [0.1, 0.15) is 0 Å². The maximum absolute atomic E-state index is 11.5. The molecule has 0 spiro atoms. The molecule has 0 aromatic carbocycles. The fourth-order valence-corrected chi connectivity index (χ4v) is 4.55. The van der Waals surface area contributed by atoms with Crippen molar-refractivity contribution in [2.75, 3.05) is 0 Å². The Balaban J connectivity index is 3.99. The summed E-state index contributed by atoms with van der Waals surface area (Å²) in [6, 6.07) is 0. The number of rotatable bonds is 5. The fourth-order valence-electron chi connectivity index (χ4n) is 0.596. The molecule has 4 unspecified atom stereocenters. The monoisotopic (exact) mass is 210 g/mol. The van der Waals surface area contributed by atoms with Crippen molar-refractivity contribution in [1.82, 2.24) is 0 Å². The van der Waals surface area contributed by atoms with Crippen molar-refractivity contribution in [2.45, 2.75) is 51.0 Å². The van der Waals surface area contributed by atoms with Crippen LogP contribution in [0, 0.1) is 0 Å². The molecule has 0 radical (unpaired) electrons. The van der Waals surface area contributed by atoms with Crippen molar-refractivity contribution in [1.29, 1.82) is 0 Å². The summed E-state index contributed by atoms with van der Waals surface area (Å²) in [7, 11) is -2.33. The van der Waals surface area contributed by atoms with Crippen LogP contribution in [-0.2, 0) is 20.4 Å². The van der Waals surface area contributed by atoms with Crippen LogP contribution in [0.15, 0.2) is 0 Å². The minimum Gasteiger partial charge on any atom is -0.571 e. The summed E-state index contributed by atoms with van der Waals surface area (Å²) in [4.78, 5) is 0. The highest BCUT2D eigenvalue weighted by Gasteiger charge is 2.34. The average molecular weight is 210 g/mol. The van der Waals surface area contributed by atoms with E-state index < -0.39 is 20.4 Å². The second-order valence-corrected chi connectivity index (χ2v) is 7.58. The van der Waals surface area contributed by atoms with E-state index in [1.54, 1.807) is 0 Å². The molecule has 0 heterocycles. The molecule has 0 amide bonds. The number of hydrogen-bond donors (Lipinski definition) is 0. The summed E-state index contributed by atoms with van der Waals surface area (Å²) in [6.07, 6.45) is 1.66. The van der Waals surface area contributed by atoms with Gasteiger partial charge in [-0.25, -0.2) is 0 Å². The first kappa shape index (κ1) is 12.6. The van der Waals surface area contributed by atoms with Crippen molar-refractivity contribution >= 4 is 20.4 Å². The van der Waals surface area contributed by atoms with Gasteiger partial charge in [-0.3, -0.25) is 0 Å². The summed E-state index contributed by atoms with van der Waals surface area (Å²) >= 11 is 0. The third-order valence-corrected chi connectivity index (χ3v) is 7.22. The molecule has 0 bridgehead atoms. The first-order valence-electron chi connectivity index (χ1n) is 4.36. The van der Waals surface area contributed by atoms with Gasteiger partial charge in [-0.05, 0) is 26.7 Å². The smallest absolute Gasteiger partial charge is 0.173 e. The van der Waals surface area contributed by atoms with E-state index in [0.717, 1.165) is 12.8 Å². The highest BCUT2D eigenvalue weighted by molar-refractivity contribution is 8.67. The highest BCUT2D eigenvalue weighted by Crippen LogP contribution is 2.19. The Kier molecular flexibility index (Phi) is 6.45. The molecule has 0 saturated carbocycles. The quantitative estimate of drug-likeness (QED) is 0.514. The molecule has 0 aromatic heterocycles. The van der Waals surface area contributed by atoms with Crippen molar-refractivity contribution in [2.24, 2.45) is 0 Å². The molecule has 4 heteroatoms. The van der Waals surface area contributed by atoms with Crippen LogP contribution in [0.5, 0.6) is 0 Å². The zero-order valence-electron chi connectivity index (χ0n) is 8.20. The van der Waals surface area contributed by atoms with Crippen molar-refractivity contribution < 1.29 is 9.11 Å². The topological polar surface area (TPSA) is 46.1 Å². The van der Waals surface area contributed by atoms with Crippen molar-refractivity contribution in [3.63, 3.8) is 0 Å². The summed E-state index contributed by atoms with van der Waals surface area (Å²) in [5.74, 6) is 0. The van der Waals surface area contributed by atoms with Crippen LogP contribution in [0.1, 0.15) is 40.5 Å². The van der Waals surface area contributed by atoms with E-state index in [2.05, 4.69) is 0 Å². The molecule has 74 valence electrons. The molecule has 0 saturated heterocycles. The Labute approximate surface area is 80.9 Å². The van der Waals surface area contributed by atoms with E-state index in [-0.39, 0.29) is 10.5 Å². The van der Waals surface area contributed by atoms with Gasteiger partial charge in [-0.15, -0.1) is 0 Å². The zero-order chi connectivity index (χ0) is 9.72. The van der Waals surface area contributed by atoms with E-state index in [0.29, 0.717) is 0 Å². The molecule has 12 heavy (non-hydrogen) atoms. The Morgan fingerprint density at radius 3 is 1.33 bits per heavy atom. The largest absolute Gasteiger partial charge is 0.571 e. The third-order valence-electron chi connectivity index (χ3n) is 1.97. The van der Waals surface area contributed by atoms with Crippen molar-refractivity contribution in [3.05, 3.63) is 0 Å². The Bertz CT molecular complexity index is 108. The molecule has 0 rings (SSSR count). The highest BCUT2D eigenvalue weighted by atomic mass is 33.2. The molecule has 0 N–H and O–H groups in total. The molecule has 2 nitrogen and oxygen atoms in total. The van der Waals surface area contributed by atoms with Crippen LogP contribution in [0.25, 0.3) is 0 Å². The lowest BCUT2D eigenvalue weighted by atomic mass is 10.4. The lowest BCUT2D eigenvalue weighted by Gasteiger charge is -2.20. The van der Waals surface area contributed by atoms with Gasteiger partial charge in [0.2, 0.25) is 0 Å². The Morgan fingerprint density at radius 1 is 0.917 bits per heavy atom. The standard InChI is InChI=1S/C8H18O2S2/c1-5-7(3)11(9)12(10)8(4)6-2/h7-8H,5-6H2,1-4H3. The Morgan fingerprint density at radius 2 is 1.17 bits per heavy atom. The summed E-state index contributed by atoms with van der Waals surface area (Å²) < 4.78 is 23.0. The van der Waals surface area contributed by atoms with Gasteiger partial charge in [0, 0.05) is 0 Å².